The van der Waals surface area contributed by atoms with Gasteiger partial charge in [-0.15, -0.1) is 0 Å². The summed E-state index contributed by atoms with van der Waals surface area (Å²) in [4.78, 5) is 30.4. The van der Waals surface area contributed by atoms with E-state index in [9.17, 15) is 9.59 Å². The normalized spacial score (nSPS) is 14.1. The van der Waals surface area contributed by atoms with Gasteiger partial charge in [-0.2, -0.15) is 0 Å². The number of nitrogens with zero attached hydrogens (tertiary/aromatic N) is 2. The molecule has 6 heteroatoms. The fourth-order valence-corrected chi connectivity index (χ4v) is 6.18. The van der Waals surface area contributed by atoms with Gasteiger partial charge in [0.25, 0.3) is 0 Å². The molecular weight excluding hydrogens is 584 g/mol. The van der Waals surface area contributed by atoms with E-state index in [0.29, 0.717) is 16.9 Å². The van der Waals surface area contributed by atoms with Gasteiger partial charge in [-0.25, -0.2) is 9.59 Å². The van der Waals surface area contributed by atoms with Gasteiger partial charge in [0.2, 0.25) is 0 Å². The van der Waals surface area contributed by atoms with Crippen molar-refractivity contribution in [2.45, 2.75) is 104 Å². The first kappa shape index (κ1) is 36.2. The van der Waals surface area contributed by atoms with Gasteiger partial charge in [-0.3, -0.25) is 4.90 Å². The Morgan fingerprint density at radius 2 is 1.13 bits per heavy atom. The Morgan fingerprint density at radius 1 is 0.617 bits per heavy atom. The van der Waals surface area contributed by atoms with Crippen molar-refractivity contribution >= 4 is 17.6 Å². The van der Waals surface area contributed by atoms with Gasteiger partial charge < -0.3 is 14.4 Å². The number of ether oxygens (including phenoxy) is 2. The molecule has 6 nitrogen and oxygen atoms in total. The van der Waals surface area contributed by atoms with Crippen LogP contribution in [-0.4, -0.2) is 55.7 Å². The second-order valence-electron chi connectivity index (χ2n) is 13.1. The van der Waals surface area contributed by atoms with Crippen molar-refractivity contribution in [3.8, 4) is 16.9 Å². The molecule has 1 aliphatic rings. The van der Waals surface area contributed by atoms with Crippen LogP contribution in [0.3, 0.4) is 0 Å². The fraction of sp³-hybridized carbons (Fsp3) is 0.512. The van der Waals surface area contributed by atoms with E-state index in [1.807, 2.05) is 55.5 Å². The van der Waals surface area contributed by atoms with E-state index in [1.165, 1.54) is 70.8 Å². The number of anilines is 1. The molecule has 0 spiro atoms. The van der Waals surface area contributed by atoms with Crippen LogP contribution in [0.5, 0.6) is 5.75 Å². The van der Waals surface area contributed by atoms with Crippen molar-refractivity contribution in [2.24, 2.45) is 0 Å². The Balaban J connectivity index is 1.19. The smallest absolute Gasteiger partial charge is 0.343 e. The maximum absolute atomic E-state index is 12.9. The molecule has 47 heavy (non-hydrogen) atoms. The summed E-state index contributed by atoms with van der Waals surface area (Å²) in [7, 11) is 0. The van der Waals surface area contributed by atoms with Gasteiger partial charge in [-0.05, 0) is 92.4 Å². The number of rotatable bonds is 19. The molecule has 1 heterocycles. The molecule has 0 radical (unpaired) electrons. The number of carbonyl (C=O) groups is 2. The predicted octanol–water partition coefficient (Wildman–Crippen LogP) is 9.96. The molecule has 254 valence electrons. The van der Waals surface area contributed by atoms with Crippen molar-refractivity contribution < 1.29 is 19.1 Å². The van der Waals surface area contributed by atoms with Crippen LogP contribution in [0.4, 0.5) is 5.69 Å². The lowest BCUT2D eigenvalue weighted by Crippen LogP contribution is -2.46. The SMILES string of the molecule is CCCCCCCCCN1CCN(c2ccc(C(=O)Oc3ccc(-c4ccc(C(=O)O[C@H](C)CCCCCC)cc4)cc3)cc2)CC1. The van der Waals surface area contributed by atoms with E-state index in [0.717, 1.165) is 55.8 Å². The van der Waals surface area contributed by atoms with Crippen molar-refractivity contribution in [3.63, 3.8) is 0 Å². The predicted molar refractivity (Wildman–Crippen MR) is 194 cm³/mol. The molecule has 4 rings (SSSR count). The van der Waals surface area contributed by atoms with Crippen molar-refractivity contribution in [3.05, 3.63) is 83.9 Å². The van der Waals surface area contributed by atoms with Gasteiger partial charge in [0.15, 0.2) is 0 Å². The Morgan fingerprint density at radius 3 is 1.74 bits per heavy atom. The molecular formula is C41H56N2O4. The summed E-state index contributed by atoms with van der Waals surface area (Å²) in [6.07, 6.45) is 14.9. The van der Waals surface area contributed by atoms with Crippen LogP contribution in [0, 0.1) is 0 Å². The number of unbranched alkanes of at least 4 members (excludes halogenated alkanes) is 9. The van der Waals surface area contributed by atoms with Crippen molar-refractivity contribution in [1.29, 1.82) is 0 Å². The molecule has 0 aromatic heterocycles. The Labute approximate surface area is 283 Å². The lowest BCUT2D eigenvalue weighted by molar-refractivity contribution is 0.0319. The van der Waals surface area contributed by atoms with Crippen LogP contribution >= 0.6 is 0 Å². The molecule has 0 unspecified atom stereocenters. The van der Waals surface area contributed by atoms with Crippen LogP contribution < -0.4 is 9.64 Å². The molecule has 0 N–H and O–H groups in total. The van der Waals surface area contributed by atoms with Gasteiger partial charge in [0.1, 0.15) is 5.75 Å². The lowest BCUT2D eigenvalue weighted by Gasteiger charge is -2.36. The average Bonchev–Trinajstić information content (AvgIpc) is 3.10. The molecule has 0 aliphatic carbocycles. The van der Waals surface area contributed by atoms with E-state index in [4.69, 9.17) is 9.47 Å². The zero-order valence-corrected chi connectivity index (χ0v) is 29.1. The number of piperazine rings is 1. The highest BCUT2D eigenvalue weighted by Crippen LogP contribution is 2.25. The van der Waals surface area contributed by atoms with E-state index in [2.05, 4.69) is 23.6 Å². The van der Waals surface area contributed by atoms with Crippen LogP contribution in [0.25, 0.3) is 11.1 Å². The minimum Gasteiger partial charge on any atom is -0.459 e. The summed E-state index contributed by atoms with van der Waals surface area (Å²) < 4.78 is 11.3. The standard InChI is InChI=1S/C41H56N2O4/c1-4-6-8-10-11-12-14-28-42-29-31-43(32-30-42)38-24-20-37(21-25-38)41(45)47-39-26-22-35(23-27-39)34-16-18-36(19-17-34)40(44)46-33(3)15-13-9-7-5-2/h16-27,33H,4-15,28-32H2,1-3H3/t33-/m1/s1. The Hall–Kier alpha value is -3.64. The molecule has 0 bridgehead atoms. The highest BCUT2D eigenvalue weighted by Gasteiger charge is 2.18. The topological polar surface area (TPSA) is 59.1 Å². The second-order valence-corrected chi connectivity index (χ2v) is 13.1. The summed E-state index contributed by atoms with van der Waals surface area (Å²) in [5, 5.41) is 0. The summed E-state index contributed by atoms with van der Waals surface area (Å²) in [6, 6.07) is 22.7. The Kier molecular flexibility index (Phi) is 15.3. The molecule has 1 fully saturated rings. The minimum atomic E-state index is -0.369. The lowest BCUT2D eigenvalue weighted by atomic mass is 10.0. The first-order chi connectivity index (χ1) is 23.0. The number of benzene rings is 3. The zero-order valence-electron chi connectivity index (χ0n) is 29.1. The first-order valence-electron chi connectivity index (χ1n) is 18.2. The first-order valence-corrected chi connectivity index (χ1v) is 18.2. The van der Waals surface area contributed by atoms with E-state index >= 15 is 0 Å². The van der Waals surface area contributed by atoms with Crippen LogP contribution in [0.15, 0.2) is 72.8 Å². The maximum atomic E-state index is 12.9. The third kappa shape index (κ3) is 12.2. The van der Waals surface area contributed by atoms with Crippen LogP contribution in [-0.2, 0) is 4.74 Å². The summed E-state index contributed by atoms with van der Waals surface area (Å²) in [5.74, 6) is -0.161. The summed E-state index contributed by atoms with van der Waals surface area (Å²) >= 11 is 0. The average molecular weight is 641 g/mol. The van der Waals surface area contributed by atoms with Gasteiger partial charge in [0, 0.05) is 31.9 Å². The zero-order chi connectivity index (χ0) is 33.3. The fourth-order valence-electron chi connectivity index (χ4n) is 6.18. The number of hydrogen-bond donors (Lipinski definition) is 0. The molecule has 1 aliphatic heterocycles. The third-order valence-corrected chi connectivity index (χ3v) is 9.21. The molecule has 0 saturated carbocycles. The van der Waals surface area contributed by atoms with Crippen LogP contribution in [0.2, 0.25) is 0 Å². The number of esters is 2. The van der Waals surface area contributed by atoms with Gasteiger partial charge >= 0.3 is 11.9 Å². The Bertz CT molecular complexity index is 1330. The quantitative estimate of drug-likeness (QED) is 0.0738. The number of carbonyl (C=O) groups excluding carboxylic acids is 2. The van der Waals surface area contributed by atoms with E-state index in [-0.39, 0.29) is 18.0 Å². The molecule has 3 aromatic rings. The van der Waals surface area contributed by atoms with Crippen molar-refractivity contribution in [2.75, 3.05) is 37.6 Å². The van der Waals surface area contributed by atoms with Gasteiger partial charge in [-0.1, -0.05) is 95.9 Å². The highest BCUT2D eigenvalue weighted by molar-refractivity contribution is 5.92. The number of hydrogen-bond acceptors (Lipinski definition) is 6. The largest absolute Gasteiger partial charge is 0.459 e. The minimum absolute atomic E-state index is 0.0856. The molecule has 1 saturated heterocycles. The summed E-state index contributed by atoms with van der Waals surface area (Å²) in [5.41, 5.74) is 4.18. The van der Waals surface area contributed by atoms with Crippen molar-refractivity contribution in [1.82, 2.24) is 4.90 Å². The third-order valence-electron chi connectivity index (χ3n) is 9.21. The second kappa shape index (κ2) is 19.9. The van der Waals surface area contributed by atoms with E-state index < -0.39 is 0 Å². The molecule has 0 amide bonds. The van der Waals surface area contributed by atoms with Crippen LogP contribution in [0.1, 0.15) is 119 Å². The highest BCUT2D eigenvalue weighted by atomic mass is 16.5. The monoisotopic (exact) mass is 640 g/mol. The van der Waals surface area contributed by atoms with E-state index in [1.54, 1.807) is 24.3 Å². The maximum Gasteiger partial charge on any atom is 0.343 e. The van der Waals surface area contributed by atoms with Gasteiger partial charge in [0.05, 0.1) is 17.2 Å². The molecule has 3 aromatic carbocycles. The summed E-state index contributed by atoms with van der Waals surface area (Å²) in [6.45, 7) is 11.8. The molecule has 1 atom stereocenters.